The zero-order chi connectivity index (χ0) is 40.5. The van der Waals surface area contributed by atoms with Gasteiger partial charge in [0.1, 0.15) is 0 Å². The van der Waals surface area contributed by atoms with Crippen LogP contribution in [0.3, 0.4) is 0 Å². The van der Waals surface area contributed by atoms with Gasteiger partial charge in [-0.2, -0.15) is 0 Å². The Morgan fingerprint density at radius 3 is 2.05 bits per heavy atom. The Kier molecular flexibility index (Phi) is 9.64. The number of ether oxygens (including phenoxy) is 1. The number of hydrogen-bond donors (Lipinski definition) is 1. The Bertz CT molecular complexity index is 2310. The van der Waals surface area contributed by atoms with Crippen molar-refractivity contribution in [1.29, 1.82) is 0 Å². The quantitative estimate of drug-likeness (QED) is 0.145. The number of aliphatic hydroxyl groups is 1. The van der Waals surface area contributed by atoms with Crippen LogP contribution in [0.15, 0.2) is 91.0 Å². The Morgan fingerprint density at radius 2 is 1.43 bits per heavy atom. The number of anilines is 5. The molecule has 5 aliphatic heterocycles. The van der Waals surface area contributed by atoms with E-state index in [0.717, 1.165) is 40.2 Å². The number of rotatable bonds is 8. The van der Waals surface area contributed by atoms with Gasteiger partial charge >= 0.3 is 0 Å². The van der Waals surface area contributed by atoms with Gasteiger partial charge in [-0.15, -0.1) is 0 Å². The highest BCUT2D eigenvalue weighted by Gasteiger charge is 2.67. The number of nitrogens with zero attached hydrogens (tertiary/aromatic N) is 4. The van der Waals surface area contributed by atoms with Crippen LogP contribution in [0, 0.1) is 5.92 Å². The average molecular weight is 801 g/mol. The maximum absolute atomic E-state index is 16.7. The van der Waals surface area contributed by atoms with E-state index in [-0.39, 0.29) is 49.2 Å². The minimum Gasteiger partial charge on any atom is -0.394 e. The van der Waals surface area contributed by atoms with E-state index >= 15 is 8.90 Å². The molecule has 2 fully saturated rings. The van der Waals surface area contributed by atoms with Gasteiger partial charge in [0.2, 0.25) is 26.1 Å². The molecule has 58 heavy (non-hydrogen) atoms. The number of benzene rings is 4. The molecule has 0 unspecified atom stereocenters. The molecular weight excluding hydrogens is 752 g/mol. The minimum atomic E-state index is -3.59. The molecule has 5 heterocycles. The number of para-hydroxylation sites is 2. The van der Waals surface area contributed by atoms with E-state index in [1.807, 2.05) is 97.9 Å². The fourth-order valence-electron chi connectivity index (χ4n) is 10.5. The number of carbonyl (C=O) groups is 4. The minimum absolute atomic E-state index is 0.0218. The van der Waals surface area contributed by atoms with Crippen molar-refractivity contribution in [2.24, 2.45) is 5.92 Å². The molecule has 10 nitrogen and oxygen atoms in total. The van der Waals surface area contributed by atoms with Crippen LogP contribution in [-0.4, -0.2) is 67.3 Å². The Labute approximate surface area is 339 Å². The second kappa shape index (κ2) is 14.6. The van der Waals surface area contributed by atoms with Gasteiger partial charge in [0.15, 0.2) is 5.60 Å². The third-order valence-corrected chi connectivity index (χ3v) is 15.7. The van der Waals surface area contributed by atoms with Crippen molar-refractivity contribution in [3.63, 3.8) is 0 Å². The predicted molar refractivity (Wildman–Crippen MR) is 222 cm³/mol. The molecule has 9 rings (SSSR count). The molecule has 2 saturated heterocycles. The van der Waals surface area contributed by atoms with Crippen LogP contribution < -0.4 is 14.7 Å². The highest BCUT2D eigenvalue weighted by Crippen LogP contribution is 2.61. The summed E-state index contributed by atoms with van der Waals surface area (Å²) in [6, 6.07) is 28.6. The number of carbonyl (C=O) groups excluding carboxylic acids is 4. The highest BCUT2D eigenvalue weighted by molar-refractivity contribution is 6.72. The van der Waals surface area contributed by atoms with Crippen LogP contribution in [0.1, 0.15) is 61.3 Å². The fourth-order valence-corrected chi connectivity index (χ4v) is 13.0. The van der Waals surface area contributed by atoms with Crippen LogP contribution >= 0.6 is 0 Å². The first kappa shape index (κ1) is 38.4. The molecule has 300 valence electrons. The van der Waals surface area contributed by atoms with Gasteiger partial charge < -0.3 is 23.8 Å². The van der Waals surface area contributed by atoms with Gasteiger partial charge in [-0.25, -0.2) is 0 Å². The normalized spacial score (nSPS) is 25.4. The molecular formula is C46H49FN4O6Si. The van der Waals surface area contributed by atoms with Crippen LogP contribution in [0.25, 0.3) is 0 Å². The second-order valence-corrected chi connectivity index (χ2v) is 20.8. The molecule has 4 amide bonds. The van der Waals surface area contributed by atoms with Crippen molar-refractivity contribution in [3.05, 3.63) is 113 Å². The number of halogens is 1. The smallest absolute Gasteiger partial charge is 0.264 e. The van der Waals surface area contributed by atoms with Crippen LogP contribution in [0.4, 0.5) is 32.5 Å². The second-order valence-electron chi connectivity index (χ2n) is 17.0. The van der Waals surface area contributed by atoms with Crippen molar-refractivity contribution in [1.82, 2.24) is 4.90 Å². The highest BCUT2D eigenvalue weighted by atomic mass is 28.4. The molecule has 0 saturated carbocycles. The fraction of sp³-hybridized carbons (Fsp3) is 0.391. The summed E-state index contributed by atoms with van der Waals surface area (Å²) in [5, 5.41) is 10.0. The van der Waals surface area contributed by atoms with Crippen LogP contribution in [0.5, 0.6) is 0 Å². The van der Waals surface area contributed by atoms with E-state index in [4.69, 9.17) is 4.74 Å². The van der Waals surface area contributed by atoms with Gasteiger partial charge in [-0.1, -0.05) is 55.5 Å². The number of fused-ring (bicyclic) bond motifs is 4. The zero-order valence-electron chi connectivity index (χ0n) is 33.2. The third-order valence-electron chi connectivity index (χ3n) is 13.2. The van der Waals surface area contributed by atoms with Crippen molar-refractivity contribution in [3.8, 4) is 0 Å². The van der Waals surface area contributed by atoms with Crippen LogP contribution in [-0.2, 0) is 48.9 Å². The maximum Gasteiger partial charge on any atom is 0.264 e. The molecule has 0 aromatic heterocycles. The maximum atomic E-state index is 16.7. The van der Waals surface area contributed by atoms with E-state index in [0.29, 0.717) is 55.6 Å². The number of aliphatic hydroxyl groups excluding tert-OH is 1. The van der Waals surface area contributed by atoms with Crippen molar-refractivity contribution in [2.45, 2.75) is 94.8 Å². The summed E-state index contributed by atoms with van der Waals surface area (Å²) < 4.78 is 23.7. The summed E-state index contributed by atoms with van der Waals surface area (Å²) in [6.07, 6.45) is 2.57. The number of likely N-dealkylation sites (tertiary alicyclic amines) is 1. The summed E-state index contributed by atoms with van der Waals surface area (Å²) in [7, 11) is -3.59. The summed E-state index contributed by atoms with van der Waals surface area (Å²) in [4.78, 5) is 62.9. The Morgan fingerprint density at radius 1 is 0.828 bits per heavy atom. The van der Waals surface area contributed by atoms with Crippen molar-refractivity contribution >= 4 is 60.5 Å². The molecule has 1 spiro atoms. The first-order chi connectivity index (χ1) is 27.9. The van der Waals surface area contributed by atoms with Gasteiger partial charge in [-0.05, 0) is 97.9 Å². The van der Waals surface area contributed by atoms with E-state index in [1.165, 1.54) is 0 Å². The molecule has 1 N–H and O–H groups in total. The summed E-state index contributed by atoms with van der Waals surface area (Å²) >= 11 is 0. The number of hydrogen-bond acceptors (Lipinski definition) is 6. The van der Waals surface area contributed by atoms with Gasteiger partial charge in [0.05, 0.1) is 48.8 Å². The van der Waals surface area contributed by atoms with Gasteiger partial charge in [-0.3, -0.25) is 29.0 Å². The number of aryl methyl sites for hydroxylation is 2. The molecule has 5 aliphatic rings. The van der Waals surface area contributed by atoms with Crippen molar-refractivity contribution < 1.29 is 33.1 Å². The van der Waals surface area contributed by atoms with Gasteiger partial charge in [0.25, 0.3) is 5.91 Å². The largest absolute Gasteiger partial charge is 0.394 e. The Hall–Kier alpha value is -5.17. The van der Waals surface area contributed by atoms with E-state index in [9.17, 15) is 19.5 Å². The summed E-state index contributed by atoms with van der Waals surface area (Å²) in [6.45, 7) is 5.65. The van der Waals surface area contributed by atoms with E-state index < -0.39 is 31.6 Å². The van der Waals surface area contributed by atoms with E-state index in [2.05, 4.69) is 0 Å². The molecule has 0 aliphatic carbocycles. The predicted octanol–water partition coefficient (Wildman–Crippen LogP) is 7.60. The monoisotopic (exact) mass is 800 g/mol. The summed E-state index contributed by atoms with van der Waals surface area (Å²) in [5.74, 6) is -1.24. The standard InChI is InChI=1S/C46H49FN4O6Si/c1-29-44(58(2,3)47)40(26-43(55)48-24-8-11-35(48)28-52)57-46(29)36-25-34(51-38-13-7-5-10-32(38)17-23-42(51)54)20-21-39(36)49(45(46)56)27-30-14-18-33(19-15-30)50-37-12-6-4-9-31(37)16-22-41(50)53/h4-7,9-10,12-15,18-21,25,29,35,40,44,52H,8,11,16-17,22-24,26-28H2,1-3H3/t29-,35-,40+,44-,46+/m0/s1. The first-order valence-electron chi connectivity index (χ1n) is 20.5. The lowest BCUT2D eigenvalue weighted by molar-refractivity contribution is -0.150. The molecule has 0 bridgehead atoms. The van der Waals surface area contributed by atoms with Crippen molar-refractivity contribution in [2.75, 3.05) is 27.9 Å². The SMILES string of the molecule is C[C@H]1[C@H]([Si](C)(C)F)[C@@H](CC(=O)N2CCC[C@H]2CO)O[C@]12C(=O)N(Cc1ccc(N3C(=O)CCc4ccccc43)cc1)c1ccc(N3C(=O)CCc4ccccc43)cc12. The topological polar surface area (TPSA) is 111 Å². The zero-order valence-corrected chi connectivity index (χ0v) is 34.2. The molecule has 0 radical (unpaired) electrons. The molecule has 4 aromatic carbocycles. The molecule has 12 heteroatoms. The van der Waals surface area contributed by atoms with E-state index in [1.54, 1.807) is 32.7 Å². The lowest BCUT2D eigenvalue weighted by Gasteiger charge is -2.32. The number of amides is 4. The Balaban J connectivity index is 1.11. The first-order valence-corrected chi connectivity index (χ1v) is 23.5. The lowest BCUT2D eigenvalue weighted by atomic mass is 9.82. The third kappa shape index (κ3) is 6.19. The van der Waals surface area contributed by atoms with Crippen LogP contribution in [0.2, 0.25) is 18.6 Å². The summed E-state index contributed by atoms with van der Waals surface area (Å²) in [5.41, 5.74) is 4.79. The average Bonchev–Trinajstić information content (AvgIpc) is 3.88. The lowest BCUT2D eigenvalue weighted by Crippen LogP contribution is -2.45. The molecule has 5 atom stereocenters. The van der Waals surface area contributed by atoms with Gasteiger partial charge in [0, 0.05) is 47.8 Å². The molecule has 4 aromatic rings.